The van der Waals surface area contributed by atoms with E-state index in [-0.39, 0.29) is 24.9 Å². The van der Waals surface area contributed by atoms with Crippen molar-refractivity contribution in [1.29, 1.82) is 0 Å². The minimum Gasteiger partial charge on any atom is -0.467 e. The Kier molecular flexibility index (Phi) is 7.27. The molecule has 0 aromatic rings. The first-order valence-electron chi connectivity index (χ1n) is 9.65. The highest BCUT2D eigenvalue weighted by Gasteiger charge is 2.46. The lowest BCUT2D eigenvalue weighted by Crippen LogP contribution is -2.61. The van der Waals surface area contributed by atoms with Gasteiger partial charge in [0, 0.05) is 20.1 Å². The summed E-state index contributed by atoms with van der Waals surface area (Å²) < 4.78 is 32.1. The number of esters is 1. The maximum Gasteiger partial charge on any atom is 0.328 e. The lowest BCUT2D eigenvalue weighted by atomic mass is 9.97. The number of rotatable bonds is 6. The number of carbonyl (C=O) groups is 2. The Morgan fingerprint density at radius 2 is 1.78 bits per heavy atom. The van der Waals surface area contributed by atoms with Gasteiger partial charge in [0.2, 0.25) is 15.9 Å². The number of carbonyl (C=O) groups excluding carboxylic acids is 2. The number of sulfonamides is 1. The number of ether oxygens (including phenoxy) is 1. The lowest BCUT2D eigenvalue weighted by molar-refractivity contribution is -0.156. The van der Waals surface area contributed by atoms with Gasteiger partial charge in [0.05, 0.1) is 13.0 Å². The average molecular weight is 404 g/mol. The van der Waals surface area contributed by atoms with Gasteiger partial charge in [-0.05, 0) is 32.4 Å². The molecule has 2 rings (SSSR count). The van der Waals surface area contributed by atoms with Crippen LogP contribution >= 0.6 is 0 Å². The van der Waals surface area contributed by atoms with E-state index in [1.165, 1.54) is 16.3 Å². The van der Waals surface area contributed by atoms with Crippen molar-refractivity contribution in [2.75, 3.05) is 40.8 Å². The topological polar surface area (TPSA) is 87.2 Å². The van der Waals surface area contributed by atoms with Gasteiger partial charge in [0.1, 0.15) is 11.4 Å². The molecular formula is C18H33N3O5S. The summed E-state index contributed by atoms with van der Waals surface area (Å²) in [7, 11) is 1.29. The summed E-state index contributed by atoms with van der Waals surface area (Å²) in [6.07, 6.45) is 3.60. The molecule has 2 atom stereocenters. The van der Waals surface area contributed by atoms with E-state index in [1.807, 2.05) is 25.8 Å². The van der Waals surface area contributed by atoms with Crippen molar-refractivity contribution in [3.8, 4) is 0 Å². The van der Waals surface area contributed by atoms with Crippen LogP contribution in [0.25, 0.3) is 0 Å². The van der Waals surface area contributed by atoms with Crippen LogP contribution in [-0.4, -0.2) is 86.7 Å². The molecule has 2 aliphatic heterocycles. The second-order valence-corrected chi connectivity index (χ2v) is 10.1. The maximum atomic E-state index is 13.0. The van der Waals surface area contributed by atoms with Crippen molar-refractivity contribution in [1.82, 2.24) is 14.1 Å². The Balaban J connectivity index is 2.01. The molecule has 2 fully saturated rings. The van der Waals surface area contributed by atoms with Crippen molar-refractivity contribution in [3.63, 3.8) is 0 Å². The van der Waals surface area contributed by atoms with Crippen molar-refractivity contribution in [2.24, 2.45) is 11.8 Å². The van der Waals surface area contributed by atoms with E-state index in [0.29, 0.717) is 6.42 Å². The molecule has 0 bridgehead atoms. The van der Waals surface area contributed by atoms with Crippen LogP contribution in [-0.2, 0) is 24.3 Å². The van der Waals surface area contributed by atoms with E-state index in [9.17, 15) is 18.0 Å². The van der Waals surface area contributed by atoms with E-state index in [0.717, 1.165) is 25.8 Å². The molecule has 2 saturated heterocycles. The molecule has 0 spiro atoms. The molecule has 0 radical (unpaired) electrons. The maximum absolute atomic E-state index is 13.0. The molecule has 2 aliphatic rings. The summed E-state index contributed by atoms with van der Waals surface area (Å²) in [6, 6.07) is -0.666. The van der Waals surface area contributed by atoms with E-state index >= 15 is 0 Å². The molecule has 2 heterocycles. The first-order valence-corrected chi connectivity index (χ1v) is 11.1. The summed E-state index contributed by atoms with van der Waals surface area (Å²) in [6.45, 7) is 4.84. The fourth-order valence-corrected chi connectivity index (χ4v) is 6.14. The lowest BCUT2D eigenvalue weighted by Gasteiger charge is -2.43. The number of hydrogen-bond acceptors (Lipinski definition) is 6. The zero-order valence-electron chi connectivity index (χ0n) is 17.1. The van der Waals surface area contributed by atoms with Crippen molar-refractivity contribution < 1.29 is 22.7 Å². The van der Waals surface area contributed by atoms with Gasteiger partial charge in [-0.3, -0.25) is 9.69 Å². The van der Waals surface area contributed by atoms with Crippen LogP contribution in [0.2, 0.25) is 0 Å². The van der Waals surface area contributed by atoms with E-state index in [2.05, 4.69) is 0 Å². The van der Waals surface area contributed by atoms with E-state index < -0.39 is 33.3 Å². The van der Waals surface area contributed by atoms with Gasteiger partial charge in [0.15, 0.2) is 0 Å². The van der Waals surface area contributed by atoms with E-state index in [1.54, 1.807) is 7.05 Å². The number of amides is 1. The molecule has 0 aliphatic carbocycles. The summed E-state index contributed by atoms with van der Waals surface area (Å²) in [4.78, 5) is 28.1. The minimum atomic E-state index is -3.45. The highest BCUT2D eigenvalue weighted by atomic mass is 32.2. The molecule has 1 amide bonds. The largest absolute Gasteiger partial charge is 0.467 e. The Bertz CT molecular complexity index is 645. The summed E-state index contributed by atoms with van der Waals surface area (Å²) in [5, 5.41) is -0.507. The summed E-state index contributed by atoms with van der Waals surface area (Å²) in [5.74, 6) is -1.16. The van der Waals surface area contributed by atoms with Gasteiger partial charge < -0.3 is 9.64 Å². The van der Waals surface area contributed by atoms with Gasteiger partial charge in [-0.1, -0.05) is 26.7 Å². The fraction of sp³-hybridized carbons (Fsp3) is 0.889. The zero-order chi connectivity index (χ0) is 20.4. The third-order valence-electron chi connectivity index (χ3n) is 5.69. The van der Waals surface area contributed by atoms with Crippen LogP contribution in [0.5, 0.6) is 0 Å². The molecule has 27 heavy (non-hydrogen) atoms. The van der Waals surface area contributed by atoms with Gasteiger partial charge in [-0.2, -0.15) is 4.31 Å². The third-order valence-corrected chi connectivity index (χ3v) is 7.99. The van der Waals surface area contributed by atoms with Crippen LogP contribution < -0.4 is 0 Å². The smallest absolute Gasteiger partial charge is 0.328 e. The summed E-state index contributed by atoms with van der Waals surface area (Å²) >= 11 is 0. The molecule has 156 valence electrons. The first kappa shape index (κ1) is 22.1. The monoisotopic (exact) mass is 403 g/mol. The fourth-order valence-electron chi connectivity index (χ4n) is 4.00. The highest BCUT2D eigenvalue weighted by Crippen LogP contribution is 2.29. The van der Waals surface area contributed by atoms with Gasteiger partial charge in [0.25, 0.3) is 0 Å². The average Bonchev–Trinajstić information content (AvgIpc) is 2.77. The third kappa shape index (κ3) is 4.63. The first-order chi connectivity index (χ1) is 12.6. The number of likely N-dealkylation sites (N-methyl/N-ethyl adjacent to an activating group) is 1. The van der Waals surface area contributed by atoms with Gasteiger partial charge in [-0.15, -0.1) is 0 Å². The second kappa shape index (κ2) is 8.87. The quantitative estimate of drug-likeness (QED) is 0.608. The Morgan fingerprint density at radius 1 is 1.15 bits per heavy atom. The zero-order valence-corrected chi connectivity index (χ0v) is 17.9. The molecule has 0 aromatic carbocycles. The standard InChI is InChI=1S/C18H33N3O5S/c1-13(2)16(18(23)26-5)20(4)17(22)14-11-21(12-14)27(24,25)15-9-7-6-8-10-19(15)3/h13-16H,6-12H2,1-5H3/t15-,16?/m1/s1. The van der Waals surface area contributed by atoms with Crippen LogP contribution in [0, 0.1) is 11.8 Å². The SMILES string of the molecule is COC(=O)C(C(C)C)N(C)C(=O)C1CN(S(=O)(=O)[C@@H]2CCCCCN2C)C1. The van der Waals surface area contributed by atoms with Crippen molar-refractivity contribution in [3.05, 3.63) is 0 Å². The van der Waals surface area contributed by atoms with Crippen molar-refractivity contribution in [2.45, 2.75) is 50.9 Å². The molecular weight excluding hydrogens is 370 g/mol. The molecule has 0 N–H and O–H groups in total. The van der Waals surface area contributed by atoms with Crippen LogP contribution in [0.4, 0.5) is 0 Å². The molecule has 0 saturated carbocycles. The van der Waals surface area contributed by atoms with Crippen molar-refractivity contribution >= 4 is 21.9 Å². The molecule has 8 nitrogen and oxygen atoms in total. The Morgan fingerprint density at radius 3 is 2.33 bits per heavy atom. The van der Waals surface area contributed by atoms with Crippen LogP contribution in [0.1, 0.15) is 39.5 Å². The van der Waals surface area contributed by atoms with Crippen LogP contribution in [0.15, 0.2) is 0 Å². The Labute approximate surface area is 162 Å². The molecule has 1 unspecified atom stereocenters. The predicted molar refractivity (Wildman–Crippen MR) is 102 cm³/mol. The number of nitrogens with zero attached hydrogens (tertiary/aromatic N) is 3. The summed E-state index contributed by atoms with van der Waals surface area (Å²) in [5.41, 5.74) is 0. The number of likely N-dealkylation sites (tertiary alicyclic amines) is 1. The second-order valence-electron chi connectivity index (χ2n) is 8.00. The van der Waals surface area contributed by atoms with Gasteiger partial charge in [-0.25, -0.2) is 13.2 Å². The van der Waals surface area contributed by atoms with Crippen LogP contribution in [0.3, 0.4) is 0 Å². The van der Waals surface area contributed by atoms with E-state index in [4.69, 9.17) is 4.74 Å². The highest BCUT2D eigenvalue weighted by molar-refractivity contribution is 7.89. The molecule has 9 heteroatoms. The predicted octanol–water partition coefficient (Wildman–Crippen LogP) is 0.736. The molecule has 0 aromatic heterocycles. The number of methoxy groups -OCH3 is 1. The number of hydrogen-bond donors (Lipinski definition) is 0. The normalized spacial score (nSPS) is 24.1. The van der Waals surface area contributed by atoms with Gasteiger partial charge >= 0.3 is 5.97 Å². The minimum absolute atomic E-state index is 0.0917. The Hall–Kier alpha value is -1.19.